The van der Waals surface area contributed by atoms with Crippen molar-refractivity contribution in [3.05, 3.63) is 60.9 Å². The van der Waals surface area contributed by atoms with Crippen LogP contribution in [-0.2, 0) is 10.0 Å². The molecular weight excluding hydrogens is 432 g/mol. The summed E-state index contributed by atoms with van der Waals surface area (Å²) in [4.78, 5) is 15.1. The highest BCUT2D eigenvalue weighted by molar-refractivity contribution is 7.90. The van der Waals surface area contributed by atoms with Crippen LogP contribution in [-0.4, -0.2) is 43.3 Å². The third-order valence-electron chi connectivity index (χ3n) is 5.78. The Morgan fingerprint density at radius 2 is 2.09 bits per heavy atom. The number of ether oxygens (including phenoxy) is 2. The van der Waals surface area contributed by atoms with Crippen LogP contribution in [0.25, 0.3) is 5.52 Å². The largest absolute Gasteiger partial charge is 0.454 e. The minimum atomic E-state index is -4.11. The summed E-state index contributed by atoms with van der Waals surface area (Å²) in [6, 6.07) is 8.38. The van der Waals surface area contributed by atoms with E-state index in [9.17, 15) is 13.2 Å². The van der Waals surface area contributed by atoms with Gasteiger partial charge in [-0.1, -0.05) is 6.08 Å². The second-order valence-electron chi connectivity index (χ2n) is 7.74. The number of benzene rings is 1. The van der Waals surface area contributed by atoms with Crippen LogP contribution < -0.4 is 19.1 Å². The number of aromatic nitrogens is 2. The Bertz CT molecular complexity index is 1320. The minimum absolute atomic E-state index is 0.0284. The number of hydrogen-bond donors (Lipinski definition) is 1. The molecule has 1 atom stereocenters. The van der Waals surface area contributed by atoms with Gasteiger partial charge in [-0.15, -0.1) is 6.58 Å². The van der Waals surface area contributed by atoms with Crippen LogP contribution in [0.5, 0.6) is 11.5 Å². The van der Waals surface area contributed by atoms with Crippen molar-refractivity contribution in [2.24, 2.45) is 0 Å². The molecule has 1 saturated heterocycles. The van der Waals surface area contributed by atoms with Crippen molar-refractivity contribution in [3.63, 3.8) is 0 Å². The van der Waals surface area contributed by atoms with Crippen LogP contribution in [0.15, 0.2) is 60.3 Å². The van der Waals surface area contributed by atoms with Crippen LogP contribution in [0.2, 0.25) is 0 Å². The fourth-order valence-electron chi connectivity index (χ4n) is 4.22. The lowest BCUT2D eigenvalue weighted by molar-refractivity contribution is 0.0983. The molecule has 0 bridgehead atoms. The highest BCUT2D eigenvalue weighted by Gasteiger charge is 2.26. The molecule has 1 N–H and O–H groups in total. The van der Waals surface area contributed by atoms with E-state index in [1.165, 1.54) is 24.4 Å². The van der Waals surface area contributed by atoms with E-state index >= 15 is 0 Å². The van der Waals surface area contributed by atoms with Crippen molar-refractivity contribution in [2.45, 2.75) is 30.2 Å². The lowest BCUT2D eigenvalue weighted by Crippen LogP contribution is -2.30. The van der Waals surface area contributed by atoms with Crippen molar-refractivity contribution >= 4 is 27.1 Å². The Kier molecular flexibility index (Phi) is 5.01. The number of sulfonamides is 1. The van der Waals surface area contributed by atoms with Gasteiger partial charge in [-0.3, -0.25) is 4.79 Å². The first-order chi connectivity index (χ1) is 15.5. The average molecular weight is 455 g/mol. The second-order valence-corrected chi connectivity index (χ2v) is 9.42. The lowest BCUT2D eigenvalue weighted by Gasteiger charge is -2.26. The van der Waals surface area contributed by atoms with E-state index in [0.29, 0.717) is 23.1 Å². The summed E-state index contributed by atoms with van der Waals surface area (Å²) in [7, 11) is -4.11. The van der Waals surface area contributed by atoms with E-state index in [1.54, 1.807) is 10.7 Å². The molecule has 2 aliphatic heterocycles. The number of amides is 1. The fraction of sp³-hybridized carbons (Fsp3) is 0.273. The van der Waals surface area contributed by atoms with E-state index in [1.807, 2.05) is 18.2 Å². The molecule has 2 aliphatic rings. The molecule has 2 aromatic heterocycles. The maximum atomic E-state index is 12.9. The van der Waals surface area contributed by atoms with Gasteiger partial charge in [0, 0.05) is 30.5 Å². The maximum absolute atomic E-state index is 12.9. The Labute approximate surface area is 185 Å². The van der Waals surface area contributed by atoms with Gasteiger partial charge in [0.05, 0.1) is 22.2 Å². The molecule has 166 valence electrons. The van der Waals surface area contributed by atoms with Crippen LogP contribution in [0.3, 0.4) is 0 Å². The second kappa shape index (κ2) is 7.86. The molecule has 0 radical (unpaired) electrons. The third-order valence-corrected chi connectivity index (χ3v) is 7.11. The molecule has 1 fully saturated rings. The van der Waals surface area contributed by atoms with E-state index < -0.39 is 15.9 Å². The van der Waals surface area contributed by atoms with Crippen molar-refractivity contribution in [1.29, 1.82) is 0 Å². The number of carbonyl (C=O) groups excluding carboxylic acids is 1. The van der Waals surface area contributed by atoms with Gasteiger partial charge >= 0.3 is 0 Å². The summed E-state index contributed by atoms with van der Waals surface area (Å²) < 4.78 is 39.7. The zero-order valence-corrected chi connectivity index (χ0v) is 18.0. The number of fused-ring (bicyclic) bond motifs is 2. The van der Waals surface area contributed by atoms with Crippen molar-refractivity contribution in [1.82, 2.24) is 14.3 Å². The molecule has 1 aromatic carbocycles. The first kappa shape index (κ1) is 20.4. The van der Waals surface area contributed by atoms with Gasteiger partial charge in [0.2, 0.25) is 6.79 Å². The topological polar surface area (TPSA) is 102 Å². The quantitative estimate of drug-likeness (QED) is 0.572. The summed E-state index contributed by atoms with van der Waals surface area (Å²) in [5, 5.41) is 4.20. The lowest BCUT2D eigenvalue weighted by atomic mass is 10.1. The molecule has 4 heterocycles. The first-order valence-electron chi connectivity index (χ1n) is 10.3. The van der Waals surface area contributed by atoms with Crippen molar-refractivity contribution in [2.75, 3.05) is 18.2 Å². The SMILES string of the molecule is C=CC[C@H]1CCCN1c1ccn2ncc(C(=O)NS(=O)(=O)c3ccc4c(c3)OCO4)c2c1. The zero-order chi connectivity index (χ0) is 22.3. The van der Waals surface area contributed by atoms with Gasteiger partial charge in [0.1, 0.15) is 0 Å². The van der Waals surface area contributed by atoms with Gasteiger partial charge in [-0.05, 0) is 43.5 Å². The predicted molar refractivity (Wildman–Crippen MR) is 118 cm³/mol. The summed E-state index contributed by atoms with van der Waals surface area (Å²) in [5.41, 5.74) is 1.68. The van der Waals surface area contributed by atoms with Gasteiger partial charge in [-0.2, -0.15) is 5.10 Å². The van der Waals surface area contributed by atoms with Crippen LogP contribution in [0.1, 0.15) is 29.6 Å². The standard InChI is InChI=1S/C22H22N4O5S/c1-2-4-15-5-3-9-25(15)16-8-10-26-19(11-16)18(13-23-26)22(27)24-32(28,29)17-6-7-20-21(12-17)31-14-30-20/h2,6-8,10-13,15H,1,3-5,9,14H2,(H,24,27)/t15-/m0/s1. The van der Waals surface area contributed by atoms with Gasteiger partial charge < -0.3 is 14.4 Å². The predicted octanol–water partition coefficient (Wildman–Crippen LogP) is 2.73. The summed E-state index contributed by atoms with van der Waals surface area (Å²) in [5.74, 6) is 0.0293. The highest BCUT2D eigenvalue weighted by atomic mass is 32.2. The van der Waals surface area contributed by atoms with E-state index in [0.717, 1.165) is 31.5 Å². The number of rotatable bonds is 6. The minimum Gasteiger partial charge on any atom is -0.454 e. The summed E-state index contributed by atoms with van der Waals surface area (Å²) in [6.45, 7) is 4.79. The smallest absolute Gasteiger partial charge is 0.268 e. The van der Waals surface area contributed by atoms with Crippen molar-refractivity contribution < 1.29 is 22.7 Å². The van der Waals surface area contributed by atoms with Crippen LogP contribution in [0, 0.1) is 0 Å². The molecule has 9 nitrogen and oxygen atoms in total. The Morgan fingerprint density at radius 1 is 1.25 bits per heavy atom. The van der Waals surface area contributed by atoms with E-state index in [4.69, 9.17) is 9.47 Å². The van der Waals surface area contributed by atoms with Crippen molar-refractivity contribution in [3.8, 4) is 11.5 Å². The Morgan fingerprint density at radius 3 is 2.94 bits per heavy atom. The molecule has 0 spiro atoms. The normalized spacial score (nSPS) is 17.6. The molecule has 0 saturated carbocycles. The maximum Gasteiger partial charge on any atom is 0.268 e. The molecule has 0 aliphatic carbocycles. The summed E-state index contributed by atoms with van der Waals surface area (Å²) in [6.07, 6.45) is 8.11. The number of hydrogen-bond acceptors (Lipinski definition) is 7. The molecule has 5 rings (SSSR count). The third kappa shape index (κ3) is 3.56. The van der Waals surface area contributed by atoms with Crippen LogP contribution >= 0.6 is 0 Å². The molecular formula is C22H22N4O5S. The van der Waals surface area contributed by atoms with Crippen LogP contribution in [0.4, 0.5) is 5.69 Å². The number of anilines is 1. The molecule has 32 heavy (non-hydrogen) atoms. The summed E-state index contributed by atoms with van der Waals surface area (Å²) >= 11 is 0. The Balaban J connectivity index is 1.43. The first-order valence-corrected chi connectivity index (χ1v) is 11.8. The average Bonchev–Trinajstić information content (AvgIpc) is 3.51. The van der Waals surface area contributed by atoms with Gasteiger partial charge in [0.25, 0.3) is 15.9 Å². The Hall–Kier alpha value is -3.53. The zero-order valence-electron chi connectivity index (χ0n) is 17.2. The van der Waals surface area contributed by atoms with E-state index in [2.05, 4.69) is 21.3 Å². The van der Waals surface area contributed by atoms with E-state index in [-0.39, 0.29) is 17.3 Å². The number of nitrogens with one attached hydrogen (secondary N) is 1. The molecule has 1 amide bonds. The number of nitrogens with zero attached hydrogens (tertiary/aromatic N) is 3. The molecule has 10 heteroatoms. The monoisotopic (exact) mass is 454 g/mol. The van der Waals surface area contributed by atoms with Gasteiger partial charge in [0.15, 0.2) is 11.5 Å². The number of pyridine rings is 1. The highest BCUT2D eigenvalue weighted by Crippen LogP contribution is 2.34. The number of carbonyl (C=O) groups is 1. The molecule has 3 aromatic rings. The fourth-order valence-corrected chi connectivity index (χ4v) is 5.20. The molecule has 0 unspecified atom stereocenters. The van der Waals surface area contributed by atoms with Gasteiger partial charge in [-0.25, -0.2) is 17.7 Å².